The zero-order chi connectivity index (χ0) is 11.3. The molecule has 0 unspecified atom stereocenters. The summed E-state index contributed by atoms with van der Waals surface area (Å²) in [5, 5.41) is 7.16. The molecule has 3 nitrogen and oxygen atoms in total. The Balaban J connectivity index is 2.45. The molecule has 0 aliphatic rings. The Bertz CT molecular complexity index is 286. The van der Waals surface area contributed by atoms with E-state index < -0.39 is 6.43 Å². The fourth-order valence-electron chi connectivity index (χ4n) is 1.44. The minimum atomic E-state index is -2.36. The van der Waals surface area contributed by atoms with Gasteiger partial charge >= 0.3 is 0 Å². The van der Waals surface area contributed by atoms with Crippen molar-refractivity contribution in [1.29, 1.82) is 0 Å². The first-order valence-electron chi connectivity index (χ1n) is 5.20. The molecular weight excluding hydrogens is 200 g/mol. The van der Waals surface area contributed by atoms with E-state index in [-0.39, 0.29) is 6.54 Å². The SMILES string of the molecule is CCC[C@H](C)Nc1ccn(CC(F)F)n1. The van der Waals surface area contributed by atoms with Crippen molar-refractivity contribution in [3.8, 4) is 0 Å². The maximum atomic E-state index is 12.0. The van der Waals surface area contributed by atoms with Gasteiger partial charge in [0.15, 0.2) is 0 Å². The number of hydrogen-bond donors (Lipinski definition) is 1. The molecule has 0 aliphatic carbocycles. The molecule has 0 bridgehead atoms. The second-order valence-corrected chi connectivity index (χ2v) is 3.65. The van der Waals surface area contributed by atoms with E-state index in [0.29, 0.717) is 11.9 Å². The van der Waals surface area contributed by atoms with Gasteiger partial charge in [-0.1, -0.05) is 13.3 Å². The summed E-state index contributed by atoms with van der Waals surface area (Å²) in [7, 11) is 0. The summed E-state index contributed by atoms with van der Waals surface area (Å²) < 4.78 is 25.3. The van der Waals surface area contributed by atoms with Crippen molar-refractivity contribution in [2.45, 2.75) is 45.7 Å². The number of hydrogen-bond acceptors (Lipinski definition) is 2. The molecule has 0 saturated carbocycles. The molecular formula is C10H17F2N3. The summed E-state index contributed by atoms with van der Waals surface area (Å²) in [6.07, 6.45) is 1.34. The van der Waals surface area contributed by atoms with E-state index in [9.17, 15) is 8.78 Å². The van der Waals surface area contributed by atoms with Crippen LogP contribution in [0.25, 0.3) is 0 Å². The predicted molar refractivity (Wildman–Crippen MR) is 56.2 cm³/mol. The summed E-state index contributed by atoms with van der Waals surface area (Å²) in [4.78, 5) is 0. The molecule has 1 atom stereocenters. The number of anilines is 1. The van der Waals surface area contributed by atoms with Gasteiger partial charge in [0.2, 0.25) is 0 Å². The van der Waals surface area contributed by atoms with E-state index >= 15 is 0 Å². The molecule has 0 aromatic carbocycles. The normalized spacial score (nSPS) is 13.1. The lowest BCUT2D eigenvalue weighted by Crippen LogP contribution is -2.15. The van der Waals surface area contributed by atoms with E-state index in [0.717, 1.165) is 12.8 Å². The van der Waals surface area contributed by atoms with Crippen LogP contribution in [0.4, 0.5) is 14.6 Å². The number of nitrogens with zero attached hydrogens (tertiary/aromatic N) is 2. The van der Waals surface area contributed by atoms with Gasteiger partial charge < -0.3 is 5.32 Å². The molecule has 0 spiro atoms. The lowest BCUT2D eigenvalue weighted by molar-refractivity contribution is 0.122. The van der Waals surface area contributed by atoms with Gasteiger partial charge in [0, 0.05) is 18.3 Å². The van der Waals surface area contributed by atoms with Crippen molar-refractivity contribution in [2.75, 3.05) is 5.32 Å². The Kier molecular flexibility index (Phi) is 4.52. The molecule has 5 heteroatoms. The molecule has 0 amide bonds. The Morgan fingerprint density at radius 3 is 2.87 bits per heavy atom. The fraction of sp³-hybridized carbons (Fsp3) is 0.700. The van der Waals surface area contributed by atoms with E-state index in [1.165, 1.54) is 4.68 Å². The van der Waals surface area contributed by atoms with Crippen molar-refractivity contribution >= 4 is 5.82 Å². The molecule has 1 aromatic rings. The molecule has 86 valence electrons. The summed E-state index contributed by atoms with van der Waals surface area (Å²) >= 11 is 0. The van der Waals surface area contributed by atoms with Crippen LogP contribution in [-0.4, -0.2) is 22.2 Å². The Morgan fingerprint density at radius 2 is 2.27 bits per heavy atom. The summed E-state index contributed by atoms with van der Waals surface area (Å²) in [5.41, 5.74) is 0. The highest BCUT2D eigenvalue weighted by Crippen LogP contribution is 2.08. The first kappa shape index (κ1) is 11.9. The van der Waals surface area contributed by atoms with E-state index in [2.05, 4.69) is 24.3 Å². The topological polar surface area (TPSA) is 29.9 Å². The molecule has 0 aliphatic heterocycles. The minimum Gasteiger partial charge on any atom is -0.366 e. The number of rotatable bonds is 6. The molecule has 0 fully saturated rings. The van der Waals surface area contributed by atoms with Crippen molar-refractivity contribution < 1.29 is 8.78 Å². The van der Waals surface area contributed by atoms with Gasteiger partial charge in [-0.2, -0.15) is 5.10 Å². The van der Waals surface area contributed by atoms with Crippen LogP contribution < -0.4 is 5.32 Å². The van der Waals surface area contributed by atoms with E-state index in [4.69, 9.17) is 0 Å². The Hall–Kier alpha value is -1.13. The van der Waals surface area contributed by atoms with Crippen LogP contribution in [0.2, 0.25) is 0 Å². The van der Waals surface area contributed by atoms with Gasteiger partial charge in [0.25, 0.3) is 6.43 Å². The van der Waals surface area contributed by atoms with E-state index in [1.54, 1.807) is 12.3 Å². The largest absolute Gasteiger partial charge is 0.366 e. The number of alkyl halides is 2. The Morgan fingerprint density at radius 1 is 1.53 bits per heavy atom. The Labute approximate surface area is 88.5 Å². The number of nitrogens with one attached hydrogen (secondary N) is 1. The molecule has 15 heavy (non-hydrogen) atoms. The quantitative estimate of drug-likeness (QED) is 0.794. The fourth-order valence-corrected chi connectivity index (χ4v) is 1.44. The van der Waals surface area contributed by atoms with Crippen LogP contribution in [0.3, 0.4) is 0 Å². The molecule has 0 radical (unpaired) electrons. The minimum absolute atomic E-state index is 0.324. The van der Waals surface area contributed by atoms with Gasteiger partial charge in [-0.15, -0.1) is 0 Å². The van der Waals surface area contributed by atoms with Crippen LogP contribution in [-0.2, 0) is 6.54 Å². The first-order chi connectivity index (χ1) is 7.11. The van der Waals surface area contributed by atoms with Crippen LogP contribution in [0.5, 0.6) is 0 Å². The van der Waals surface area contributed by atoms with Gasteiger partial charge in [0.1, 0.15) is 12.4 Å². The van der Waals surface area contributed by atoms with Gasteiger partial charge in [-0.3, -0.25) is 4.68 Å². The van der Waals surface area contributed by atoms with E-state index in [1.807, 2.05) is 0 Å². The molecule has 0 saturated heterocycles. The third-order valence-corrected chi connectivity index (χ3v) is 2.08. The van der Waals surface area contributed by atoms with Crippen molar-refractivity contribution in [3.63, 3.8) is 0 Å². The van der Waals surface area contributed by atoms with Crippen LogP contribution in [0.1, 0.15) is 26.7 Å². The summed E-state index contributed by atoms with van der Waals surface area (Å²) in [5.74, 6) is 0.664. The highest BCUT2D eigenvalue weighted by molar-refractivity contribution is 5.33. The summed E-state index contributed by atoms with van der Waals surface area (Å²) in [6, 6.07) is 2.04. The lowest BCUT2D eigenvalue weighted by Gasteiger charge is -2.11. The second-order valence-electron chi connectivity index (χ2n) is 3.65. The van der Waals surface area contributed by atoms with Gasteiger partial charge in [-0.25, -0.2) is 8.78 Å². The average molecular weight is 217 g/mol. The maximum Gasteiger partial charge on any atom is 0.257 e. The van der Waals surface area contributed by atoms with Crippen LogP contribution >= 0.6 is 0 Å². The van der Waals surface area contributed by atoms with Gasteiger partial charge in [0.05, 0.1) is 0 Å². The first-order valence-corrected chi connectivity index (χ1v) is 5.20. The van der Waals surface area contributed by atoms with Crippen LogP contribution in [0.15, 0.2) is 12.3 Å². The molecule has 1 heterocycles. The van der Waals surface area contributed by atoms with Crippen molar-refractivity contribution in [2.24, 2.45) is 0 Å². The monoisotopic (exact) mass is 217 g/mol. The average Bonchev–Trinajstić information content (AvgIpc) is 2.51. The molecule has 1 N–H and O–H groups in total. The molecule has 1 aromatic heterocycles. The molecule has 1 rings (SSSR count). The van der Waals surface area contributed by atoms with Crippen molar-refractivity contribution in [1.82, 2.24) is 9.78 Å². The maximum absolute atomic E-state index is 12.0. The standard InChI is InChI=1S/C10H17F2N3/c1-3-4-8(2)13-10-5-6-15(14-10)7-9(11)12/h5-6,8-9H,3-4,7H2,1-2H3,(H,13,14)/t8-/m0/s1. The zero-order valence-electron chi connectivity index (χ0n) is 9.08. The van der Waals surface area contributed by atoms with Crippen LogP contribution in [0, 0.1) is 0 Å². The number of halogens is 2. The smallest absolute Gasteiger partial charge is 0.257 e. The predicted octanol–water partition coefficient (Wildman–Crippen LogP) is 2.75. The zero-order valence-corrected chi connectivity index (χ0v) is 9.08. The van der Waals surface area contributed by atoms with Gasteiger partial charge in [-0.05, 0) is 13.3 Å². The van der Waals surface area contributed by atoms with Crippen molar-refractivity contribution in [3.05, 3.63) is 12.3 Å². The highest BCUT2D eigenvalue weighted by Gasteiger charge is 2.07. The number of aromatic nitrogens is 2. The second kappa shape index (κ2) is 5.68. The third kappa shape index (κ3) is 4.27. The lowest BCUT2D eigenvalue weighted by atomic mass is 10.2. The third-order valence-electron chi connectivity index (χ3n) is 2.08. The summed E-state index contributed by atoms with van der Waals surface area (Å²) in [6.45, 7) is 3.81. The highest BCUT2D eigenvalue weighted by atomic mass is 19.3.